The van der Waals surface area contributed by atoms with Crippen molar-refractivity contribution in [3.05, 3.63) is 6.07 Å². The van der Waals surface area contributed by atoms with Crippen LogP contribution in [0.25, 0.3) is 0 Å². The van der Waals surface area contributed by atoms with Crippen LogP contribution in [0.4, 0.5) is 11.6 Å². The van der Waals surface area contributed by atoms with E-state index in [0.717, 1.165) is 16.8 Å². The maximum atomic E-state index is 5.36. The minimum atomic E-state index is 0.611. The lowest BCUT2D eigenvalue weighted by atomic mass is 10.5. The van der Waals surface area contributed by atoms with Crippen molar-refractivity contribution in [3.8, 4) is 0 Å². The van der Waals surface area contributed by atoms with Crippen molar-refractivity contribution in [1.29, 1.82) is 0 Å². The van der Waals surface area contributed by atoms with E-state index in [2.05, 4.69) is 20.6 Å². The standard InChI is InChI=1S/C11H20N4O2S/c1-12-9-8-10(15-11(14-9)18-3)13-4-5-17-7-6-16-2/h8H,4-7H2,1-3H3,(H2,12,13,14,15). The average Bonchev–Trinajstić information content (AvgIpc) is 2.42. The summed E-state index contributed by atoms with van der Waals surface area (Å²) in [6, 6.07) is 1.87. The van der Waals surface area contributed by atoms with Gasteiger partial charge in [-0.05, 0) is 6.26 Å². The monoisotopic (exact) mass is 272 g/mol. The molecule has 1 aromatic heterocycles. The predicted molar refractivity (Wildman–Crippen MR) is 74.5 cm³/mol. The summed E-state index contributed by atoms with van der Waals surface area (Å²) in [6.45, 7) is 2.56. The Balaban J connectivity index is 2.36. The second kappa shape index (κ2) is 8.96. The van der Waals surface area contributed by atoms with E-state index in [0.29, 0.717) is 26.4 Å². The fourth-order valence-corrected chi connectivity index (χ4v) is 1.61. The first-order valence-electron chi connectivity index (χ1n) is 5.71. The van der Waals surface area contributed by atoms with Gasteiger partial charge in [-0.1, -0.05) is 11.8 Å². The first-order chi connectivity index (χ1) is 8.80. The predicted octanol–water partition coefficient (Wildman–Crippen LogP) is 1.32. The van der Waals surface area contributed by atoms with Gasteiger partial charge in [0.15, 0.2) is 5.16 Å². The van der Waals surface area contributed by atoms with Crippen molar-refractivity contribution in [2.75, 3.05) is 57.4 Å². The van der Waals surface area contributed by atoms with Gasteiger partial charge in [0.05, 0.1) is 19.8 Å². The summed E-state index contributed by atoms with van der Waals surface area (Å²) in [7, 11) is 3.50. The quantitative estimate of drug-likeness (QED) is 0.399. The topological polar surface area (TPSA) is 68.3 Å². The van der Waals surface area contributed by atoms with Crippen LogP contribution >= 0.6 is 11.8 Å². The third-order valence-corrected chi connectivity index (χ3v) is 2.68. The smallest absolute Gasteiger partial charge is 0.191 e. The molecule has 6 nitrogen and oxygen atoms in total. The van der Waals surface area contributed by atoms with Crippen LogP contribution in [0.2, 0.25) is 0 Å². The second-order valence-electron chi connectivity index (χ2n) is 3.41. The maximum absolute atomic E-state index is 5.36. The number of aromatic nitrogens is 2. The largest absolute Gasteiger partial charge is 0.382 e. The van der Waals surface area contributed by atoms with Crippen LogP contribution in [0.5, 0.6) is 0 Å². The number of methoxy groups -OCH3 is 1. The van der Waals surface area contributed by atoms with Crippen LogP contribution in [-0.4, -0.2) is 56.7 Å². The van der Waals surface area contributed by atoms with Crippen LogP contribution in [0, 0.1) is 0 Å². The molecule has 0 saturated carbocycles. The number of thioether (sulfide) groups is 1. The van der Waals surface area contributed by atoms with Gasteiger partial charge >= 0.3 is 0 Å². The molecular weight excluding hydrogens is 252 g/mol. The normalized spacial score (nSPS) is 10.4. The maximum Gasteiger partial charge on any atom is 0.191 e. The Kier molecular flexibility index (Phi) is 7.47. The Morgan fingerprint density at radius 3 is 2.67 bits per heavy atom. The third kappa shape index (κ3) is 5.52. The fourth-order valence-electron chi connectivity index (χ4n) is 1.23. The molecule has 0 bridgehead atoms. The summed E-state index contributed by atoms with van der Waals surface area (Å²) < 4.78 is 10.2. The zero-order valence-corrected chi connectivity index (χ0v) is 11.8. The highest BCUT2D eigenvalue weighted by atomic mass is 32.2. The Morgan fingerprint density at radius 1 is 1.22 bits per heavy atom. The molecule has 0 aliphatic rings. The van der Waals surface area contributed by atoms with Gasteiger partial charge in [0.25, 0.3) is 0 Å². The molecule has 0 unspecified atom stereocenters. The number of anilines is 2. The van der Waals surface area contributed by atoms with E-state index in [1.54, 1.807) is 7.11 Å². The van der Waals surface area contributed by atoms with Crippen LogP contribution in [0.1, 0.15) is 0 Å². The molecule has 0 atom stereocenters. The van der Waals surface area contributed by atoms with E-state index in [1.807, 2.05) is 19.4 Å². The molecule has 0 fully saturated rings. The van der Waals surface area contributed by atoms with E-state index in [1.165, 1.54) is 11.8 Å². The molecule has 0 radical (unpaired) electrons. The van der Waals surface area contributed by atoms with Crippen LogP contribution < -0.4 is 10.6 Å². The number of nitrogens with zero attached hydrogens (tertiary/aromatic N) is 2. The minimum absolute atomic E-state index is 0.611. The summed E-state index contributed by atoms with van der Waals surface area (Å²) in [5.74, 6) is 1.60. The zero-order valence-electron chi connectivity index (χ0n) is 11.0. The summed E-state index contributed by atoms with van der Waals surface area (Å²) in [4.78, 5) is 8.65. The number of hydrogen-bond acceptors (Lipinski definition) is 7. The zero-order chi connectivity index (χ0) is 13.2. The molecule has 0 aliphatic heterocycles. The highest BCUT2D eigenvalue weighted by Gasteiger charge is 2.02. The van der Waals surface area contributed by atoms with E-state index < -0.39 is 0 Å². The number of rotatable bonds is 9. The van der Waals surface area contributed by atoms with Crippen molar-refractivity contribution in [2.45, 2.75) is 5.16 Å². The molecule has 1 heterocycles. The van der Waals surface area contributed by atoms with Crippen molar-refractivity contribution in [3.63, 3.8) is 0 Å². The average molecular weight is 272 g/mol. The van der Waals surface area contributed by atoms with Gasteiger partial charge in [-0.15, -0.1) is 0 Å². The Hall–Kier alpha value is -1.05. The highest BCUT2D eigenvalue weighted by Crippen LogP contribution is 2.16. The molecule has 1 rings (SSSR count). The fraction of sp³-hybridized carbons (Fsp3) is 0.636. The van der Waals surface area contributed by atoms with E-state index in [-0.39, 0.29) is 0 Å². The molecule has 0 aromatic carbocycles. The number of nitrogens with one attached hydrogen (secondary N) is 2. The molecule has 18 heavy (non-hydrogen) atoms. The van der Waals surface area contributed by atoms with Crippen molar-refractivity contribution < 1.29 is 9.47 Å². The number of ether oxygens (including phenoxy) is 2. The summed E-state index contributed by atoms with van der Waals surface area (Å²) in [6.07, 6.45) is 1.95. The van der Waals surface area contributed by atoms with E-state index >= 15 is 0 Å². The van der Waals surface area contributed by atoms with Gasteiger partial charge in [0.1, 0.15) is 11.6 Å². The van der Waals surface area contributed by atoms with Crippen molar-refractivity contribution in [1.82, 2.24) is 9.97 Å². The molecule has 1 aromatic rings. The Morgan fingerprint density at radius 2 is 2.00 bits per heavy atom. The number of hydrogen-bond donors (Lipinski definition) is 2. The minimum Gasteiger partial charge on any atom is -0.382 e. The van der Waals surface area contributed by atoms with Crippen LogP contribution in [0.3, 0.4) is 0 Å². The molecule has 2 N–H and O–H groups in total. The van der Waals surface area contributed by atoms with Crippen LogP contribution in [-0.2, 0) is 9.47 Å². The second-order valence-corrected chi connectivity index (χ2v) is 4.18. The lowest BCUT2D eigenvalue weighted by molar-refractivity contribution is 0.0759. The first kappa shape index (κ1) is 15.0. The molecular formula is C11H20N4O2S. The summed E-state index contributed by atoms with van der Waals surface area (Å²) in [5, 5.41) is 6.95. The molecule has 102 valence electrons. The Bertz CT molecular complexity index is 330. The Labute approximate surface area is 112 Å². The highest BCUT2D eigenvalue weighted by molar-refractivity contribution is 7.98. The van der Waals surface area contributed by atoms with Gasteiger partial charge < -0.3 is 20.1 Å². The third-order valence-electron chi connectivity index (χ3n) is 2.13. The van der Waals surface area contributed by atoms with Gasteiger partial charge in [-0.3, -0.25) is 0 Å². The summed E-state index contributed by atoms with van der Waals surface area (Å²) in [5.41, 5.74) is 0. The molecule has 7 heteroatoms. The van der Waals surface area contributed by atoms with Crippen molar-refractivity contribution >= 4 is 23.4 Å². The van der Waals surface area contributed by atoms with E-state index in [4.69, 9.17) is 9.47 Å². The van der Waals surface area contributed by atoms with Gasteiger partial charge in [-0.25, -0.2) is 9.97 Å². The van der Waals surface area contributed by atoms with Crippen LogP contribution in [0.15, 0.2) is 11.2 Å². The van der Waals surface area contributed by atoms with Gasteiger partial charge in [-0.2, -0.15) is 0 Å². The SMILES string of the molecule is CNc1cc(NCCOCCOC)nc(SC)n1. The first-order valence-corrected chi connectivity index (χ1v) is 6.94. The van der Waals surface area contributed by atoms with Gasteiger partial charge in [0, 0.05) is 26.8 Å². The lowest BCUT2D eigenvalue weighted by Gasteiger charge is -2.09. The summed E-state index contributed by atoms with van der Waals surface area (Å²) >= 11 is 1.51. The van der Waals surface area contributed by atoms with E-state index in [9.17, 15) is 0 Å². The lowest BCUT2D eigenvalue weighted by Crippen LogP contribution is -2.13. The molecule has 0 saturated heterocycles. The molecule has 0 amide bonds. The molecule has 0 spiro atoms. The van der Waals surface area contributed by atoms with Gasteiger partial charge in [0.2, 0.25) is 0 Å². The molecule has 0 aliphatic carbocycles. The van der Waals surface area contributed by atoms with Crippen molar-refractivity contribution in [2.24, 2.45) is 0 Å².